The zero-order valence-electron chi connectivity index (χ0n) is 12.5. The second kappa shape index (κ2) is 9.52. The fourth-order valence-electron chi connectivity index (χ4n) is 1.79. The molecule has 0 aromatic heterocycles. The first kappa shape index (κ1) is 17.7. The molecular weight excluding hydrogens is 334 g/mol. The number of urea groups is 1. The van der Waals surface area contributed by atoms with E-state index in [9.17, 15) is 9.59 Å². The van der Waals surface area contributed by atoms with E-state index in [0.717, 1.165) is 22.9 Å². The molecule has 0 heterocycles. The standard InChI is InChI=1S/C15H22BrN3O2/c1-3-4-9-17-15(21)18-14(20)11-19(2)10-12-5-7-13(16)8-6-12/h5-8H,3-4,9-11H2,1-2H3,(H2,17,18,20,21). The molecule has 0 unspecified atom stereocenters. The van der Waals surface area contributed by atoms with Crippen LogP contribution in [0.15, 0.2) is 28.7 Å². The summed E-state index contributed by atoms with van der Waals surface area (Å²) in [5.74, 6) is -0.302. The molecule has 0 aliphatic heterocycles. The smallest absolute Gasteiger partial charge is 0.321 e. The predicted molar refractivity (Wildman–Crippen MR) is 86.9 cm³/mol. The van der Waals surface area contributed by atoms with Crippen molar-refractivity contribution in [3.05, 3.63) is 34.3 Å². The highest BCUT2D eigenvalue weighted by molar-refractivity contribution is 9.10. The highest BCUT2D eigenvalue weighted by Crippen LogP contribution is 2.11. The van der Waals surface area contributed by atoms with Crippen molar-refractivity contribution in [2.24, 2.45) is 0 Å². The highest BCUT2D eigenvalue weighted by atomic mass is 79.9. The van der Waals surface area contributed by atoms with E-state index in [1.807, 2.05) is 43.1 Å². The van der Waals surface area contributed by atoms with Gasteiger partial charge in [0.05, 0.1) is 6.54 Å². The SMILES string of the molecule is CCCCNC(=O)NC(=O)CN(C)Cc1ccc(Br)cc1. The van der Waals surface area contributed by atoms with E-state index in [2.05, 4.69) is 26.6 Å². The van der Waals surface area contributed by atoms with Crippen molar-refractivity contribution in [1.29, 1.82) is 0 Å². The van der Waals surface area contributed by atoms with Gasteiger partial charge in [-0.1, -0.05) is 41.4 Å². The third kappa shape index (κ3) is 7.82. The van der Waals surface area contributed by atoms with E-state index in [-0.39, 0.29) is 12.5 Å². The van der Waals surface area contributed by atoms with E-state index >= 15 is 0 Å². The van der Waals surface area contributed by atoms with Crippen molar-refractivity contribution in [3.63, 3.8) is 0 Å². The van der Waals surface area contributed by atoms with E-state index in [4.69, 9.17) is 0 Å². The molecule has 116 valence electrons. The third-order valence-corrected chi connectivity index (χ3v) is 3.38. The summed E-state index contributed by atoms with van der Waals surface area (Å²) in [7, 11) is 1.84. The fraction of sp³-hybridized carbons (Fsp3) is 0.467. The molecule has 3 amide bonds. The number of unbranched alkanes of at least 4 members (excludes halogenated alkanes) is 1. The number of likely N-dealkylation sites (N-methyl/N-ethyl adjacent to an activating group) is 1. The van der Waals surface area contributed by atoms with Gasteiger partial charge in [-0.25, -0.2) is 4.79 Å². The minimum atomic E-state index is -0.425. The van der Waals surface area contributed by atoms with Gasteiger partial charge in [-0.3, -0.25) is 15.0 Å². The lowest BCUT2D eigenvalue weighted by Gasteiger charge is -2.16. The number of hydrogen-bond acceptors (Lipinski definition) is 3. The van der Waals surface area contributed by atoms with Crippen molar-refractivity contribution in [2.75, 3.05) is 20.1 Å². The number of nitrogens with zero attached hydrogens (tertiary/aromatic N) is 1. The van der Waals surface area contributed by atoms with Gasteiger partial charge in [0.2, 0.25) is 5.91 Å². The maximum absolute atomic E-state index is 11.7. The molecule has 0 radical (unpaired) electrons. The third-order valence-electron chi connectivity index (χ3n) is 2.85. The lowest BCUT2D eigenvalue weighted by atomic mass is 10.2. The highest BCUT2D eigenvalue weighted by Gasteiger charge is 2.10. The first-order valence-electron chi connectivity index (χ1n) is 7.02. The monoisotopic (exact) mass is 355 g/mol. The van der Waals surface area contributed by atoms with Crippen LogP contribution in [0.5, 0.6) is 0 Å². The topological polar surface area (TPSA) is 61.4 Å². The largest absolute Gasteiger partial charge is 0.338 e. The number of imide groups is 1. The molecule has 0 aliphatic carbocycles. The van der Waals surface area contributed by atoms with Gasteiger partial charge in [0.25, 0.3) is 0 Å². The second-order valence-electron chi connectivity index (χ2n) is 4.96. The van der Waals surface area contributed by atoms with Gasteiger partial charge in [0.15, 0.2) is 0 Å². The maximum Gasteiger partial charge on any atom is 0.321 e. The van der Waals surface area contributed by atoms with E-state index in [1.54, 1.807) is 0 Å². The van der Waals surface area contributed by atoms with Gasteiger partial charge in [0, 0.05) is 17.6 Å². The van der Waals surface area contributed by atoms with Crippen molar-refractivity contribution in [1.82, 2.24) is 15.5 Å². The Hall–Kier alpha value is -1.40. The Morgan fingerprint density at radius 3 is 2.52 bits per heavy atom. The Bertz CT molecular complexity index is 462. The molecule has 1 rings (SSSR count). The number of hydrogen-bond donors (Lipinski definition) is 2. The Morgan fingerprint density at radius 2 is 1.90 bits per heavy atom. The lowest BCUT2D eigenvalue weighted by molar-refractivity contribution is -0.120. The molecule has 5 nitrogen and oxygen atoms in total. The van der Waals surface area contributed by atoms with Crippen LogP contribution in [-0.2, 0) is 11.3 Å². The van der Waals surface area contributed by atoms with Crippen molar-refractivity contribution < 1.29 is 9.59 Å². The number of halogens is 1. The van der Waals surface area contributed by atoms with E-state index in [1.165, 1.54) is 0 Å². The van der Waals surface area contributed by atoms with E-state index < -0.39 is 6.03 Å². The number of carbonyl (C=O) groups is 2. The number of amides is 3. The minimum absolute atomic E-state index is 0.178. The predicted octanol–water partition coefficient (Wildman–Crippen LogP) is 2.51. The molecule has 0 atom stereocenters. The van der Waals surface area contributed by atoms with Gasteiger partial charge < -0.3 is 5.32 Å². The van der Waals surface area contributed by atoms with Crippen LogP contribution < -0.4 is 10.6 Å². The Labute approximate surface area is 134 Å². The summed E-state index contributed by atoms with van der Waals surface area (Å²) in [6, 6.07) is 7.49. The Kier molecular flexibility index (Phi) is 8.00. The number of nitrogens with one attached hydrogen (secondary N) is 2. The van der Waals surface area contributed by atoms with E-state index in [0.29, 0.717) is 13.1 Å². The minimum Gasteiger partial charge on any atom is -0.338 e. The first-order valence-corrected chi connectivity index (χ1v) is 7.81. The average molecular weight is 356 g/mol. The molecule has 0 aliphatic rings. The van der Waals surface area contributed by atoms with Crippen molar-refractivity contribution in [2.45, 2.75) is 26.3 Å². The quantitative estimate of drug-likeness (QED) is 0.738. The van der Waals surface area contributed by atoms with Crippen LogP contribution in [0.25, 0.3) is 0 Å². The lowest BCUT2D eigenvalue weighted by Crippen LogP contribution is -2.43. The van der Waals surface area contributed by atoms with Gasteiger partial charge in [-0.2, -0.15) is 0 Å². The van der Waals surface area contributed by atoms with Crippen LogP contribution in [0, 0.1) is 0 Å². The summed E-state index contributed by atoms with van der Waals surface area (Å²) >= 11 is 3.38. The summed E-state index contributed by atoms with van der Waals surface area (Å²) in [6.45, 7) is 3.46. The van der Waals surface area contributed by atoms with Gasteiger partial charge in [-0.15, -0.1) is 0 Å². The Morgan fingerprint density at radius 1 is 1.24 bits per heavy atom. The van der Waals surface area contributed by atoms with Crippen LogP contribution in [0.1, 0.15) is 25.3 Å². The first-order chi connectivity index (χ1) is 10.0. The van der Waals surface area contributed by atoms with Crippen molar-refractivity contribution >= 4 is 27.9 Å². The van der Waals surface area contributed by atoms with Crippen LogP contribution in [-0.4, -0.2) is 37.0 Å². The number of carbonyl (C=O) groups excluding carboxylic acids is 2. The fourth-order valence-corrected chi connectivity index (χ4v) is 2.06. The molecule has 21 heavy (non-hydrogen) atoms. The van der Waals surface area contributed by atoms with Crippen LogP contribution in [0.3, 0.4) is 0 Å². The molecule has 0 saturated heterocycles. The zero-order chi connectivity index (χ0) is 15.7. The number of benzene rings is 1. The summed E-state index contributed by atoms with van der Waals surface area (Å²) in [5, 5.41) is 4.98. The zero-order valence-corrected chi connectivity index (χ0v) is 14.1. The van der Waals surface area contributed by atoms with Crippen LogP contribution >= 0.6 is 15.9 Å². The van der Waals surface area contributed by atoms with Crippen LogP contribution in [0.2, 0.25) is 0 Å². The molecule has 0 fully saturated rings. The van der Waals surface area contributed by atoms with Gasteiger partial charge in [-0.05, 0) is 31.2 Å². The number of rotatable bonds is 7. The second-order valence-corrected chi connectivity index (χ2v) is 5.87. The van der Waals surface area contributed by atoms with Crippen molar-refractivity contribution in [3.8, 4) is 0 Å². The summed E-state index contributed by atoms with van der Waals surface area (Å²) < 4.78 is 1.02. The summed E-state index contributed by atoms with van der Waals surface area (Å²) in [6.07, 6.45) is 1.91. The van der Waals surface area contributed by atoms with Crippen LogP contribution in [0.4, 0.5) is 4.79 Å². The Balaban J connectivity index is 2.30. The average Bonchev–Trinajstić information content (AvgIpc) is 2.41. The molecule has 0 spiro atoms. The molecular formula is C15H22BrN3O2. The molecule has 6 heteroatoms. The molecule has 2 N–H and O–H groups in total. The normalized spacial score (nSPS) is 10.5. The maximum atomic E-state index is 11.7. The molecule has 1 aromatic carbocycles. The van der Waals surface area contributed by atoms with Gasteiger partial charge >= 0.3 is 6.03 Å². The molecule has 0 saturated carbocycles. The molecule has 0 bridgehead atoms. The summed E-state index contributed by atoms with van der Waals surface area (Å²) in [5.41, 5.74) is 1.11. The van der Waals surface area contributed by atoms with Gasteiger partial charge in [0.1, 0.15) is 0 Å². The molecule has 1 aromatic rings. The summed E-state index contributed by atoms with van der Waals surface area (Å²) in [4.78, 5) is 25.0.